The molecular weight excluding hydrogens is 755 g/mol. The predicted molar refractivity (Wildman–Crippen MR) is 255 cm³/mol. The minimum atomic E-state index is 0.666. The minimum Gasteiger partial charge on any atom is -0.309 e. The van der Waals surface area contributed by atoms with Crippen LogP contribution in [0.15, 0.2) is 224 Å². The Labute approximate surface area is 358 Å². The molecular formula is C57H37N5. The number of hydrogen-bond acceptors (Lipinski definition) is 3. The summed E-state index contributed by atoms with van der Waals surface area (Å²) in [6.45, 7) is 0. The van der Waals surface area contributed by atoms with E-state index in [1.807, 2.05) is 6.07 Å². The van der Waals surface area contributed by atoms with Gasteiger partial charge in [-0.15, -0.1) is 0 Å². The zero-order valence-electron chi connectivity index (χ0n) is 33.6. The molecule has 0 amide bonds. The van der Waals surface area contributed by atoms with E-state index in [0.29, 0.717) is 5.82 Å². The molecule has 5 heteroatoms. The third-order valence-electron chi connectivity index (χ3n) is 11.9. The van der Waals surface area contributed by atoms with Gasteiger partial charge in [0.05, 0.1) is 33.6 Å². The van der Waals surface area contributed by atoms with Gasteiger partial charge in [-0.05, 0) is 53.4 Å². The van der Waals surface area contributed by atoms with Crippen molar-refractivity contribution in [2.75, 3.05) is 0 Å². The molecule has 0 saturated carbocycles. The monoisotopic (exact) mass is 791 g/mol. The van der Waals surface area contributed by atoms with Crippen molar-refractivity contribution in [1.82, 2.24) is 24.1 Å². The highest BCUT2D eigenvalue weighted by molar-refractivity contribution is 6.11. The molecule has 0 aliphatic heterocycles. The Kier molecular flexibility index (Phi) is 8.42. The second kappa shape index (κ2) is 14.7. The molecule has 0 fully saturated rings. The van der Waals surface area contributed by atoms with Crippen molar-refractivity contribution in [2.24, 2.45) is 0 Å². The van der Waals surface area contributed by atoms with E-state index in [9.17, 15) is 0 Å². The standard InChI is InChI=1S/C57H37N5/c1-5-17-38(18-6-1)49-37-50(44-33-34-52-48(35-44)47-27-15-16-28-51(47)61(52)45-24-11-4-12-25-45)59-57(58-49)42-31-29-40(30-32-42)54-55(41-21-9-3-10-22-41)60-62-53(39-19-7-2-8-20-39)36-43-23-13-14-26-46(43)56(54)62/h1-37H. The molecule has 0 aliphatic rings. The number of rotatable bonds is 7. The quantitative estimate of drug-likeness (QED) is 0.162. The van der Waals surface area contributed by atoms with Gasteiger partial charge in [-0.25, -0.2) is 14.5 Å². The van der Waals surface area contributed by atoms with Crippen molar-refractivity contribution < 1.29 is 0 Å². The van der Waals surface area contributed by atoms with Gasteiger partial charge in [0.1, 0.15) is 5.69 Å². The summed E-state index contributed by atoms with van der Waals surface area (Å²) in [5, 5.41) is 10.1. The molecule has 12 aromatic rings. The van der Waals surface area contributed by atoms with E-state index < -0.39 is 0 Å². The Morgan fingerprint density at radius 3 is 1.63 bits per heavy atom. The second-order valence-corrected chi connectivity index (χ2v) is 15.7. The highest BCUT2D eigenvalue weighted by Gasteiger charge is 2.22. The molecule has 0 unspecified atom stereocenters. The van der Waals surface area contributed by atoms with Gasteiger partial charge in [0.2, 0.25) is 0 Å². The van der Waals surface area contributed by atoms with Gasteiger partial charge in [0.15, 0.2) is 5.82 Å². The number of hydrogen-bond donors (Lipinski definition) is 0. The van der Waals surface area contributed by atoms with Crippen molar-refractivity contribution in [3.05, 3.63) is 224 Å². The lowest BCUT2D eigenvalue weighted by atomic mass is 9.96. The molecule has 0 N–H and O–H groups in total. The normalized spacial score (nSPS) is 11.5. The van der Waals surface area contributed by atoms with E-state index in [-0.39, 0.29) is 0 Å². The number of pyridine rings is 1. The van der Waals surface area contributed by atoms with Crippen LogP contribution in [0.5, 0.6) is 0 Å². The van der Waals surface area contributed by atoms with E-state index in [4.69, 9.17) is 15.1 Å². The summed E-state index contributed by atoms with van der Waals surface area (Å²) in [4.78, 5) is 10.5. The van der Waals surface area contributed by atoms with Crippen LogP contribution in [0.25, 0.3) is 111 Å². The van der Waals surface area contributed by atoms with Crippen LogP contribution in [0.4, 0.5) is 0 Å². The Morgan fingerprint density at radius 1 is 0.355 bits per heavy atom. The largest absolute Gasteiger partial charge is 0.309 e. The number of fused-ring (bicyclic) bond motifs is 6. The van der Waals surface area contributed by atoms with Crippen LogP contribution in [0.3, 0.4) is 0 Å². The Hall–Kier alpha value is -8.41. The fourth-order valence-corrected chi connectivity index (χ4v) is 9.03. The Balaban J connectivity index is 1.03. The third kappa shape index (κ3) is 5.98. The lowest BCUT2D eigenvalue weighted by Gasteiger charge is -2.12. The molecule has 290 valence electrons. The summed E-state index contributed by atoms with van der Waals surface area (Å²) in [5.74, 6) is 0.666. The first-order valence-electron chi connectivity index (χ1n) is 20.9. The summed E-state index contributed by atoms with van der Waals surface area (Å²) in [6.07, 6.45) is 0. The number of nitrogens with zero attached hydrogens (tertiary/aromatic N) is 5. The number of para-hydroxylation sites is 2. The van der Waals surface area contributed by atoms with E-state index >= 15 is 0 Å². The lowest BCUT2D eigenvalue weighted by molar-refractivity contribution is 0.979. The summed E-state index contributed by atoms with van der Waals surface area (Å²) < 4.78 is 4.48. The molecule has 0 aliphatic carbocycles. The average Bonchev–Trinajstić information content (AvgIpc) is 3.92. The maximum atomic E-state index is 5.41. The molecule has 5 nitrogen and oxygen atoms in total. The topological polar surface area (TPSA) is 48.0 Å². The molecule has 0 atom stereocenters. The molecule has 12 rings (SSSR count). The van der Waals surface area contributed by atoms with Gasteiger partial charge >= 0.3 is 0 Å². The first-order valence-corrected chi connectivity index (χ1v) is 20.9. The van der Waals surface area contributed by atoms with E-state index in [1.54, 1.807) is 0 Å². The highest BCUT2D eigenvalue weighted by atomic mass is 15.2. The van der Waals surface area contributed by atoms with Crippen molar-refractivity contribution in [2.45, 2.75) is 0 Å². The molecule has 4 aromatic heterocycles. The van der Waals surface area contributed by atoms with E-state index in [1.165, 1.54) is 16.3 Å². The van der Waals surface area contributed by atoms with Crippen LogP contribution in [-0.2, 0) is 0 Å². The lowest BCUT2D eigenvalue weighted by Crippen LogP contribution is -1.96. The fourth-order valence-electron chi connectivity index (χ4n) is 9.03. The highest BCUT2D eigenvalue weighted by Crippen LogP contribution is 2.42. The van der Waals surface area contributed by atoms with Crippen molar-refractivity contribution >= 4 is 38.1 Å². The average molecular weight is 792 g/mol. The summed E-state index contributed by atoms with van der Waals surface area (Å²) in [6, 6.07) is 79.0. The SMILES string of the molecule is c1ccc(-c2cc(-c3ccc4c(c3)c3ccccc3n4-c3ccccc3)nc(-c3ccc(-c4c(-c5ccccc5)nn5c(-c6ccccc6)cc6ccccc6c45)cc3)n2)cc1. The molecule has 4 heterocycles. The van der Waals surface area contributed by atoms with Crippen molar-refractivity contribution in [3.63, 3.8) is 0 Å². The summed E-state index contributed by atoms with van der Waals surface area (Å²) in [7, 11) is 0. The molecule has 0 spiro atoms. The van der Waals surface area contributed by atoms with E-state index in [2.05, 4.69) is 227 Å². The molecule has 0 radical (unpaired) electrons. The molecule has 0 saturated heterocycles. The van der Waals surface area contributed by atoms with Gasteiger partial charge in [0, 0.05) is 55.2 Å². The van der Waals surface area contributed by atoms with Gasteiger partial charge in [-0.1, -0.05) is 182 Å². The van der Waals surface area contributed by atoms with Crippen LogP contribution >= 0.6 is 0 Å². The third-order valence-corrected chi connectivity index (χ3v) is 11.9. The fraction of sp³-hybridized carbons (Fsp3) is 0. The molecule has 62 heavy (non-hydrogen) atoms. The van der Waals surface area contributed by atoms with Crippen LogP contribution in [0.2, 0.25) is 0 Å². The van der Waals surface area contributed by atoms with Crippen LogP contribution in [0, 0.1) is 0 Å². The smallest absolute Gasteiger partial charge is 0.160 e. The van der Waals surface area contributed by atoms with Crippen molar-refractivity contribution in [3.8, 4) is 73.2 Å². The maximum Gasteiger partial charge on any atom is 0.160 e. The van der Waals surface area contributed by atoms with Gasteiger partial charge < -0.3 is 4.57 Å². The second-order valence-electron chi connectivity index (χ2n) is 15.7. The van der Waals surface area contributed by atoms with Gasteiger partial charge in [-0.2, -0.15) is 5.10 Å². The van der Waals surface area contributed by atoms with Crippen LogP contribution < -0.4 is 0 Å². The summed E-state index contributed by atoms with van der Waals surface area (Å²) in [5.41, 5.74) is 15.6. The summed E-state index contributed by atoms with van der Waals surface area (Å²) >= 11 is 0. The zero-order chi connectivity index (χ0) is 41.0. The number of aromatic nitrogens is 5. The predicted octanol–water partition coefficient (Wildman–Crippen LogP) is 14.4. The minimum absolute atomic E-state index is 0.666. The van der Waals surface area contributed by atoms with Crippen molar-refractivity contribution in [1.29, 1.82) is 0 Å². The van der Waals surface area contributed by atoms with Gasteiger partial charge in [0.25, 0.3) is 0 Å². The molecule has 0 bridgehead atoms. The molecule has 8 aromatic carbocycles. The van der Waals surface area contributed by atoms with Crippen LogP contribution in [-0.4, -0.2) is 24.1 Å². The number of benzene rings is 8. The first kappa shape index (κ1) is 35.5. The maximum absolute atomic E-state index is 5.41. The van der Waals surface area contributed by atoms with E-state index in [0.717, 1.165) is 89.2 Å². The van der Waals surface area contributed by atoms with Gasteiger partial charge in [-0.3, -0.25) is 0 Å². The Bertz CT molecular complexity index is 3590. The Morgan fingerprint density at radius 2 is 0.903 bits per heavy atom. The van der Waals surface area contributed by atoms with Crippen LogP contribution in [0.1, 0.15) is 0 Å². The zero-order valence-corrected chi connectivity index (χ0v) is 33.6. The first-order chi connectivity index (χ1) is 30.7.